The molecule has 0 radical (unpaired) electrons. The predicted molar refractivity (Wildman–Crippen MR) is 136 cm³/mol. The highest BCUT2D eigenvalue weighted by Crippen LogP contribution is 2.40. The number of sulfone groups is 1. The summed E-state index contributed by atoms with van der Waals surface area (Å²) < 4.78 is 65.1. The third kappa shape index (κ3) is 6.17. The van der Waals surface area contributed by atoms with Gasteiger partial charge in [0.05, 0.1) is 28.8 Å². The van der Waals surface area contributed by atoms with Crippen LogP contribution in [0.4, 0.5) is 13.2 Å². The smallest absolute Gasteiger partial charge is 0.346 e. The van der Waals surface area contributed by atoms with Crippen LogP contribution in [0, 0.1) is 11.8 Å². The van der Waals surface area contributed by atoms with E-state index < -0.39 is 21.9 Å². The molecule has 2 aromatic heterocycles. The van der Waals surface area contributed by atoms with E-state index in [1.165, 1.54) is 12.3 Å². The lowest BCUT2D eigenvalue weighted by Gasteiger charge is -2.30. The summed E-state index contributed by atoms with van der Waals surface area (Å²) in [5.41, 5.74) is 3.11. The summed E-state index contributed by atoms with van der Waals surface area (Å²) in [4.78, 5) is 17.1. The van der Waals surface area contributed by atoms with E-state index in [4.69, 9.17) is 0 Å². The SMILES string of the molecule is CCn1c(C[C@H]2CC[C@H](C(F)(F)F)CC2)cc2cc(C(=O)NCc3ccc(S(=O)(=O)CC)cn3)ccc21. The lowest BCUT2D eigenvalue weighted by molar-refractivity contribution is -0.183. The third-order valence-electron chi connectivity index (χ3n) is 7.34. The van der Waals surface area contributed by atoms with E-state index in [0.29, 0.717) is 24.1 Å². The third-order valence-corrected chi connectivity index (χ3v) is 9.06. The van der Waals surface area contributed by atoms with Gasteiger partial charge in [0.15, 0.2) is 9.84 Å². The minimum absolute atomic E-state index is 0.00606. The van der Waals surface area contributed by atoms with Gasteiger partial charge in [0.1, 0.15) is 0 Å². The van der Waals surface area contributed by atoms with Crippen molar-refractivity contribution in [2.45, 2.75) is 70.1 Å². The minimum Gasteiger partial charge on any atom is -0.346 e. The van der Waals surface area contributed by atoms with Crippen LogP contribution in [-0.2, 0) is 29.3 Å². The van der Waals surface area contributed by atoms with Crippen molar-refractivity contribution in [1.29, 1.82) is 0 Å². The minimum atomic E-state index is -4.10. The van der Waals surface area contributed by atoms with E-state index in [1.54, 1.807) is 19.1 Å². The Labute approximate surface area is 215 Å². The highest BCUT2D eigenvalue weighted by Gasteiger charge is 2.41. The van der Waals surface area contributed by atoms with Crippen LogP contribution in [0.1, 0.15) is 61.3 Å². The van der Waals surface area contributed by atoms with Crippen LogP contribution in [0.5, 0.6) is 0 Å². The second-order valence-corrected chi connectivity index (χ2v) is 12.0. The molecule has 1 aliphatic rings. The van der Waals surface area contributed by atoms with Crippen molar-refractivity contribution < 1.29 is 26.4 Å². The first-order chi connectivity index (χ1) is 17.5. The molecular formula is C27H32F3N3O3S. The number of carbonyl (C=O) groups is 1. The summed E-state index contributed by atoms with van der Waals surface area (Å²) in [6.45, 7) is 4.50. The van der Waals surface area contributed by atoms with Gasteiger partial charge in [-0.1, -0.05) is 6.92 Å². The van der Waals surface area contributed by atoms with Crippen molar-refractivity contribution in [3.05, 3.63) is 59.5 Å². The summed E-state index contributed by atoms with van der Waals surface area (Å²) in [5.74, 6) is -1.24. The summed E-state index contributed by atoms with van der Waals surface area (Å²) >= 11 is 0. The Morgan fingerprint density at radius 3 is 2.41 bits per heavy atom. The lowest BCUT2D eigenvalue weighted by atomic mass is 9.79. The molecule has 6 nitrogen and oxygen atoms in total. The summed E-state index contributed by atoms with van der Waals surface area (Å²) in [6, 6.07) is 10.6. The monoisotopic (exact) mass is 535 g/mol. The number of carbonyl (C=O) groups excluding carboxylic acids is 1. The Morgan fingerprint density at radius 1 is 1.08 bits per heavy atom. The van der Waals surface area contributed by atoms with E-state index in [2.05, 4.69) is 14.9 Å². The molecule has 1 aromatic carbocycles. The highest BCUT2D eigenvalue weighted by molar-refractivity contribution is 7.91. The van der Waals surface area contributed by atoms with Gasteiger partial charge >= 0.3 is 6.18 Å². The van der Waals surface area contributed by atoms with Gasteiger partial charge in [-0.05, 0) is 81.3 Å². The largest absolute Gasteiger partial charge is 0.391 e. The number of amides is 1. The van der Waals surface area contributed by atoms with Crippen molar-refractivity contribution in [2.75, 3.05) is 5.75 Å². The molecule has 2 heterocycles. The van der Waals surface area contributed by atoms with Gasteiger partial charge in [-0.3, -0.25) is 9.78 Å². The molecule has 1 amide bonds. The van der Waals surface area contributed by atoms with Gasteiger partial charge in [0.25, 0.3) is 5.91 Å². The average molecular weight is 536 g/mol. The number of fused-ring (bicyclic) bond motifs is 1. The molecule has 37 heavy (non-hydrogen) atoms. The maximum atomic E-state index is 13.0. The van der Waals surface area contributed by atoms with Crippen LogP contribution in [0.2, 0.25) is 0 Å². The average Bonchev–Trinajstić information content (AvgIpc) is 3.23. The number of hydrogen-bond acceptors (Lipinski definition) is 4. The summed E-state index contributed by atoms with van der Waals surface area (Å²) in [6.07, 6.45) is -0.547. The maximum absolute atomic E-state index is 13.0. The van der Waals surface area contributed by atoms with Crippen molar-refractivity contribution in [3.63, 3.8) is 0 Å². The molecule has 1 aliphatic carbocycles. The van der Waals surface area contributed by atoms with E-state index in [9.17, 15) is 26.4 Å². The number of hydrogen-bond donors (Lipinski definition) is 1. The standard InChI is InChI=1S/C27H32F3N3O3S/c1-3-33-23(13-18-5-8-21(9-6-18)27(28,29)30)15-20-14-19(7-12-25(20)33)26(34)32-16-22-10-11-24(17-31-22)37(35,36)4-2/h7,10-12,14-15,17-18,21H,3-6,8-9,13,16H2,1-2H3,(H,32,34)/t18-,21-. The number of halogens is 3. The molecule has 0 aliphatic heterocycles. The molecule has 200 valence electrons. The number of aryl methyl sites for hydroxylation is 1. The number of aromatic nitrogens is 2. The second-order valence-electron chi connectivity index (χ2n) is 9.69. The Balaban J connectivity index is 1.42. The number of rotatable bonds is 8. The first kappa shape index (κ1) is 27.2. The van der Waals surface area contributed by atoms with Gasteiger partial charge < -0.3 is 9.88 Å². The predicted octanol–water partition coefficient (Wildman–Crippen LogP) is 5.69. The van der Waals surface area contributed by atoms with E-state index in [1.807, 2.05) is 25.1 Å². The number of benzene rings is 1. The zero-order chi connectivity index (χ0) is 26.8. The molecule has 0 saturated heterocycles. The Morgan fingerprint density at radius 2 is 1.81 bits per heavy atom. The van der Waals surface area contributed by atoms with Crippen LogP contribution >= 0.6 is 0 Å². The summed E-state index contributed by atoms with van der Waals surface area (Å²) in [7, 11) is -3.33. The van der Waals surface area contributed by atoms with E-state index >= 15 is 0 Å². The van der Waals surface area contributed by atoms with Gasteiger partial charge in [-0.15, -0.1) is 0 Å². The van der Waals surface area contributed by atoms with Crippen molar-refractivity contribution >= 4 is 26.6 Å². The van der Waals surface area contributed by atoms with Crippen LogP contribution in [0.25, 0.3) is 10.9 Å². The molecule has 4 rings (SSSR count). The molecule has 1 fully saturated rings. The van der Waals surface area contributed by atoms with E-state index in [0.717, 1.165) is 29.6 Å². The molecular weight excluding hydrogens is 503 g/mol. The van der Waals surface area contributed by atoms with Crippen molar-refractivity contribution in [3.8, 4) is 0 Å². The molecule has 0 spiro atoms. The van der Waals surface area contributed by atoms with Gasteiger partial charge in [-0.2, -0.15) is 13.2 Å². The molecule has 0 bridgehead atoms. The van der Waals surface area contributed by atoms with Crippen LogP contribution in [-0.4, -0.2) is 35.8 Å². The topological polar surface area (TPSA) is 81.1 Å². The Kier molecular flexibility index (Phi) is 7.96. The fraction of sp³-hybridized carbons (Fsp3) is 0.481. The van der Waals surface area contributed by atoms with Gasteiger partial charge in [0.2, 0.25) is 0 Å². The first-order valence-electron chi connectivity index (χ1n) is 12.7. The highest BCUT2D eigenvalue weighted by atomic mass is 32.2. The number of nitrogens with zero attached hydrogens (tertiary/aromatic N) is 2. The fourth-order valence-electron chi connectivity index (χ4n) is 5.14. The molecule has 1 saturated carbocycles. The zero-order valence-electron chi connectivity index (χ0n) is 21.0. The van der Waals surface area contributed by atoms with Crippen LogP contribution < -0.4 is 5.32 Å². The van der Waals surface area contributed by atoms with Crippen LogP contribution in [0.15, 0.2) is 47.5 Å². The number of alkyl halides is 3. The van der Waals surface area contributed by atoms with Crippen molar-refractivity contribution in [2.24, 2.45) is 11.8 Å². The number of nitrogens with one attached hydrogen (secondary N) is 1. The van der Waals surface area contributed by atoms with Gasteiger partial charge in [0, 0.05) is 34.9 Å². The number of pyridine rings is 1. The first-order valence-corrected chi connectivity index (χ1v) is 14.3. The quantitative estimate of drug-likeness (QED) is 0.402. The lowest BCUT2D eigenvalue weighted by Crippen LogP contribution is -2.28. The maximum Gasteiger partial charge on any atom is 0.391 e. The molecule has 1 N–H and O–H groups in total. The van der Waals surface area contributed by atoms with Gasteiger partial charge in [-0.25, -0.2) is 8.42 Å². The second kappa shape index (κ2) is 10.8. The summed E-state index contributed by atoms with van der Waals surface area (Å²) in [5, 5.41) is 3.74. The fourth-order valence-corrected chi connectivity index (χ4v) is 5.96. The Hall–Kier alpha value is -2.88. The zero-order valence-corrected chi connectivity index (χ0v) is 21.8. The van der Waals surface area contributed by atoms with E-state index in [-0.39, 0.29) is 41.9 Å². The van der Waals surface area contributed by atoms with Crippen molar-refractivity contribution in [1.82, 2.24) is 14.9 Å². The molecule has 0 atom stereocenters. The molecule has 10 heteroatoms. The normalized spacial score (nSPS) is 18.7. The molecule has 3 aromatic rings. The molecule has 0 unspecified atom stereocenters. The van der Waals surface area contributed by atoms with Crippen LogP contribution in [0.3, 0.4) is 0 Å². The Bertz CT molecular complexity index is 1360.